The van der Waals surface area contributed by atoms with Gasteiger partial charge in [0.05, 0.1) is 11.0 Å². The Hall–Kier alpha value is -1.65. The van der Waals surface area contributed by atoms with E-state index in [1.807, 2.05) is 6.19 Å². The highest BCUT2D eigenvalue weighted by Gasteiger charge is 2.44. The fourth-order valence-corrected chi connectivity index (χ4v) is 3.62. The molecule has 1 aromatic rings. The molecule has 2 fully saturated rings. The highest BCUT2D eigenvalue weighted by atomic mass is 32.1. The van der Waals surface area contributed by atoms with E-state index in [9.17, 15) is 4.79 Å². The largest absolute Gasteiger partial charge is 0.373 e. The first-order valence-corrected chi connectivity index (χ1v) is 8.10. The maximum Gasteiger partial charge on any atom is 0.252 e. The Bertz CT molecular complexity index is 556. The van der Waals surface area contributed by atoms with Crippen LogP contribution in [-0.4, -0.2) is 23.0 Å². The van der Waals surface area contributed by atoms with Gasteiger partial charge in [-0.2, -0.15) is 5.26 Å². The fraction of sp³-hybridized carbons (Fsp3) is 0.643. The predicted molar refractivity (Wildman–Crippen MR) is 78.6 cm³/mol. The number of thiazole rings is 1. The third kappa shape index (κ3) is 2.87. The van der Waals surface area contributed by atoms with Crippen molar-refractivity contribution >= 4 is 22.4 Å². The van der Waals surface area contributed by atoms with Gasteiger partial charge >= 0.3 is 0 Å². The summed E-state index contributed by atoms with van der Waals surface area (Å²) in [6.45, 7) is 0.791. The number of hydrogen-bond donors (Lipinski definition) is 2. The second-order valence-corrected chi connectivity index (χ2v) is 6.61. The molecule has 1 aliphatic carbocycles. The van der Waals surface area contributed by atoms with Crippen molar-refractivity contribution in [2.24, 2.45) is 0 Å². The zero-order valence-electron chi connectivity index (χ0n) is 11.7. The van der Waals surface area contributed by atoms with Gasteiger partial charge in [-0.1, -0.05) is 11.3 Å². The smallest absolute Gasteiger partial charge is 0.252 e. The van der Waals surface area contributed by atoms with Crippen LogP contribution in [0.3, 0.4) is 0 Å². The average Bonchev–Trinajstić information content (AvgIpc) is 2.92. The Morgan fingerprint density at radius 3 is 2.95 bits per heavy atom. The van der Waals surface area contributed by atoms with Crippen LogP contribution in [0.5, 0.6) is 0 Å². The van der Waals surface area contributed by atoms with Crippen LogP contribution in [0.2, 0.25) is 0 Å². The van der Waals surface area contributed by atoms with Gasteiger partial charge in [0.15, 0.2) is 11.3 Å². The van der Waals surface area contributed by atoms with E-state index >= 15 is 0 Å². The maximum absolute atomic E-state index is 12.3. The SMILES string of the molecule is N#CNC1(C(=O)Nc2ncc([C@@H]3CCCCO3)s2)CCC1. The van der Waals surface area contributed by atoms with Crippen molar-refractivity contribution in [3.63, 3.8) is 0 Å². The zero-order valence-corrected chi connectivity index (χ0v) is 12.5. The molecule has 0 spiro atoms. The first-order chi connectivity index (χ1) is 10.2. The lowest BCUT2D eigenvalue weighted by atomic mass is 9.76. The minimum absolute atomic E-state index is 0.108. The Morgan fingerprint density at radius 1 is 1.48 bits per heavy atom. The molecule has 0 radical (unpaired) electrons. The van der Waals surface area contributed by atoms with Gasteiger partial charge in [-0.15, -0.1) is 0 Å². The van der Waals surface area contributed by atoms with Crippen molar-refractivity contribution in [1.82, 2.24) is 10.3 Å². The van der Waals surface area contributed by atoms with Crippen LogP contribution in [0, 0.1) is 11.5 Å². The Morgan fingerprint density at radius 2 is 2.33 bits per heavy atom. The minimum Gasteiger partial charge on any atom is -0.373 e. The van der Waals surface area contributed by atoms with Gasteiger partial charge in [0.1, 0.15) is 5.54 Å². The number of carbonyl (C=O) groups is 1. The number of anilines is 1. The van der Waals surface area contributed by atoms with Crippen molar-refractivity contribution < 1.29 is 9.53 Å². The molecule has 3 rings (SSSR count). The monoisotopic (exact) mass is 306 g/mol. The van der Waals surface area contributed by atoms with Gasteiger partial charge in [-0.3, -0.25) is 10.1 Å². The topological polar surface area (TPSA) is 87.0 Å². The summed E-state index contributed by atoms with van der Waals surface area (Å²) in [6.07, 6.45) is 9.40. The number of hydrogen-bond acceptors (Lipinski definition) is 6. The Labute approximate surface area is 127 Å². The van der Waals surface area contributed by atoms with Gasteiger partial charge in [-0.25, -0.2) is 4.98 Å². The van der Waals surface area contributed by atoms with Crippen LogP contribution in [-0.2, 0) is 9.53 Å². The highest BCUT2D eigenvalue weighted by Crippen LogP contribution is 2.35. The first-order valence-electron chi connectivity index (χ1n) is 7.28. The van der Waals surface area contributed by atoms with Gasteiger partial charge in [0, 0.05) is 12.8 Å². The molecule has 7 heteroatoms. The summed E-state index contributed by atoms with van der Waals surface area (Å²) < 4.78 is 5.72. The number of carbonyl (C=O) groups excluding carboxylic acids is 1. The minimum atomic E-state index is -0.734. The normalized spacial score (nSPS) is 23.7. The van der Waals surface area contributed by atoms with Crippen molar-refractivity contribution in [3.8, 4) is 6.19 Å². The summed E-state index contributed by atoms with van der Waals surface area (Å²) in [6, 6.07) is 0. The number of rotatable bonds is 4. The van der Waals surface area contributed by atoms with Crippen molar-refractivity contribution in [2.45, 2.75) is 50.2 Å². The summed E-state index contributed by atoms with van der Waals surface area (Å²) in [7, 11) is 0. The van der Waals surface area contributed by atoms with E-state index in [-0.39, 0.29) is 12.0 Å². The van der Waals surface area contributed by atoms with E-state index in [1.54, 1.807) is 6.20 Å². The second kappa shape index (κ2) is 6.00. The molecule has 1 saturated heterocycles. The number of nitriles is 1. The van der Waals surface area contributed by atoms with Crippen LogP contribution >= 0.6 is 11.3 Å². The number of ether oxygens (including phenoxy) is 1. The van der Waals surface area contributed by atoms with Crippen LogP contribution < -0.4 is 10.6 Å². The summed E-state index contributed by atoms with van der Waals surface area (Å²) in [5, 5.41) is 14.8. The fourth-order valence-electron chi connectivity index (χ4n) is 2.72. The lowest BCUT2D eigenvalue weighted by Gasteiger charge is -2.38. The first kappa shape index (κ1) is 14.3. The lowest BCUT2D eigenvalue weighted by molar-refractivity contribution is -0.125. The van der Waals surface area contributed by atoms with Crippen LogP contribution in [0.1, 0.15) is 49.5 Å². The van der Waals surface area contributed by atoms with Crippen molar-refractivity contribution in [3.05, 3.63) is 11.1 Å². The third-order valence-electron chi connectivity index (χ3n) is 4.18. The molecule has 112 valence electrons. The standard InChI is InChI=1S/C14H18N4O2S/c15-9-17-14(5-3-6-14)12(19)18-13-16-8-11(21-13)10-4-1-2-7-20-10/h8,10,17H,1-7H2,(H,16,18,19)/t10-/m0/s1. The molecule has 0 unspecified atom stereocenters. The van der Waals surface area contributed by atoms with Gasteiger partial charge in [-0.05, 0) is 38.5 Å². The van der Waals surface area contributed by atoms with Crippen molar-refractivity contribution in [1.29, 1.82) is 5.26 Å². The number of amides is 1. The summed E-state index contributed by atoms with van der Waals surface area (Å²) in [5.74, 6) is -0.166. The molecule has 2 N–H and O–H groups in total. The summed E-state index contributed by atoms with van der Waals surface area (Å²) in [4.78, 5) is 17.6. The molecule has 1 aliphatic heterocycles. The molecule has 0 aromatic carbocycles. The maximum atomic E-state index is 12.3. The van der Waals surface area contributed by atoms with Gasteiger partial charge < -0.3 is 10.1 Å². The van der Waals surface area contributed by atoms with E-state index in [2.05, 4.69) is 15.6 Å². The molecule has 0 bridgehead atoms. The van der Waals surface area contributed by atoms with Gasteiger partial charge in [0.25, 0.3) is 5.91 Å². The number of aromatic nitrogens is 1. The molecular formula is C14H18N4O2S. The number of nitrogens with one attached hydrogen (secondary N) is 2. The van der Waals surface area contributed by atoms with E-state index < -0.39 is 5.54 Å². The van der Waals surface area contributed by atoms with E-state index in [0.717, 1.165) is 30.7 Å². The number of nitrogens with zero attached hydrogens (tertiary/aromatic N) is 2. The predicted octanol–water partition coefficient (Wildman–Crippen LogP) is 2.32. The average molecular weight is 306 g/mol. The summed E-state index contributed by atoms with van der Waals surface area (Å²) in [5.41, 5.74) is -0.734. The Kier molecular flexibility index (Phi) is 4.08. The van der Waals surface area contributed by atoms with Crippen LogP contribution in [0.4, 0.5) is 5.13 Å². The third-order valence-corrected chi connectivity index (χ3v) is 5.18. The summed E-state index contributed by atoms with van der Waals surface area (Å²) >= 11 is 1.46. The molecule has 2 aliphatic rings. The molecular weight excluding hydrogens is 288 g/mol. The molecule has 1 atom stereocenters. The van der Waals surface area contributed by atoms with Crippen LogP contribution in [0.15, 0.2) is 6.20 Å². The van der Waals surface area contributed by atoms with Crippen LogP contribution in [0.25, 0.3) is 0 Å². The van der Waals surface area contributed by atoms with Gasteiger partial charge in [0.2, 0.25) is 0 Å². The molecule has 6 nitrogen and oxygen atoms in total. The molecule has 21 heavy (non-hydrogen) atoms. The van der Waals surface area contributed by atoms with E-state index in [0.29, 0.717) is 18.0 Å². The lowest BCUT2D eigenvalue weighted by Crippen LogP contribution is -2.57. The molecule has 1 amide bonds. The highest BCUT2D eigenvalue weighted by molar-refractivity contribution is 7.15. The second-order valence-electron chi connectivity index (χ2n) is 5.55. The Balaban J connectivity index is 1.64. The van der Waals surface area contributed by atoms with E-state index in [1.165, 1.54) is 17.8 Å². The molecule has 2 heterocycles. The van der Waals surface area contributed by atoms with Crippen molar-refractivity contribution in [2.75, 3.05) is 11.9 Å². The quantitative estimate of drug-likeness (QED) is 0.658. The molecule has 1 saturated carbocycles. The zero-order chi connectivity index (χ0) is 14.7. The molecule has 1 aromatic heterocycles. The van der Waals surface area contributed by atoms with E-state index in [4.69, 9.17) is 10.00 Å².